The molecule has 1 aromatic heterocycles. The van der Waals surface area contributed by atoms with Crippen molar-refractivity contribution in [2.45, 2.75) is 44.9 Å². The summed E-state index contributed by atoms with van der Waals surface area (Å²) in [6.45, 7) is 2.91. The molecular formula is C12H19N3O. The van der Waals surface area contributed by atoms with Crippen molar-refractivity contribution < 1.29 is 4.74 Å². The monoisotopic (exact) mass is 221 g/mol. The van der Waals surface area contributed by atoms with E-state index in [0.717, 1.165) is 24.5 Å². The Balaban J connectivity index is 1.99. The highest BCUT2D eigenvalue weighted by molar-refractivity contribution is 5.04. The van der Waals surface area contributed by atoms with E-state index in [1.807, 2.05) is 12.3 Å². The third kappa shape index (κ3) is 3.00. The number of hydrogen-bond acceptors (Lipinski definition) is 4. The summed E-state index contributed by atoms with van der Waals surface area (Å²) >= 11 is 0. The van der Waals surface area contributed by atoms with Gasteiger partial charge in [0.05, 0.1) is 5.69 Å². The van der Waals surface area contributed by atoms with E-state index in [0.29, 0.717) is 6.04 Å². The summed E-state index contributed by atoms with van der Waals surface area (Å²) in [6, 6.07) is 2.67. The molecular weight excluding hydrogens is 202 g/mol. The van der Waals surface area contributed by atoms with Gasteiger partial charge >= 0.3 is 0 Å². The zero-order valence-corrected chi connectivity index (χ0v) is 9.94. The minimum Gasteiger partial charge on any atom is -0.373 e. The summed E-state index contributed by atoms with van der Waals surface area (Å²) < 4.78 is 5.33. The van der Waals surface area contributed by atoms with Crippen LogP contribution in [0, 0.1) is 0 Å². The summed E-state index contributed by atoms with van der Waals surface area (Å²) in [4.78, 5) is 8.78. The van der Waals surface area contributed by atoms with Crippen molar-refractivity contribution in [1.82, 2.24) is 15.3 Å². The van der Waals surface area contributed by atoms with Crippen LogP contribution in [0.5, 0.6) is 0 Å². The lowest BCUT2D eigenvalue weighted by Crippen LogP contribution is -2.17. The molecule has 1 aliphatic rings. The van der Waals surface area contributed by atoms with E-state index in [4.69, 9.17) is 4.74 Å². The SMILES string of the molecule is CCC(OC)c1nccc(CNC2CC2)n1. The molecule has 1 heterocycles. The molecule has 0 spiro atoms. The Morgan fingerprint density at radius 1 is 1.56 bits per heavy atom. The zero-order valence-electron chi connectivity index (χ0n) is 9.94. The van der Waals surface area contributed by atoms with Crippen LogP contribution in [-0.4, -0.2) is 23.1 Å². The quantitative estimate of drug-likeness (QED) is 0.796. The molecule has 88 valence electrons. The van der Waals surface area contributed by atoms with Gasteiger partial charge in [0.2, 0.25) is 0 Å². The lowest BCUT2D eigenvalue weighted by atomic mass is 10.2. The van der Waals surface area contributed by atoms with Crippen molar-refractivity contribution in [3.05, 3.63) is 23.8 Å². The van der Waals surface area contributed by atoms with Crippen LogP contribution in [-0.2, 0) is 11.3 Å². The van der Waals surface area contributed by atoms with E-state index >= 15 is 0 Å². The van der Waals surface area contributed by atoms with Gasteiger partial charge in [0.1, 0.15) is 6.10 Å². The van der Waals surface area contributed by atoms with E-state index in [1.54, 1.807) is 7.11 Å². The molecule has 0 amide bonds. The molecule has 1 atom stereocenters. The second-order valence-corrected chi connectivity index (χ2v) is 4.19. The summed E-state index contributed by atoms with van der Waals surface area (Å²) in [5, 5.41) is 3.44. The van der Waals surface area contributed by atoms with Crippen molar-refractivity contribution in [3.8, 4) is 0 Å². The summed E-state index contributed by atoms with van der Waals surface area (Å²) in [7, 11) is 1.70. The van der Waals surface area contributed by atoms with Crippen LogP contribution in [0.15, 0.2) is 12.3 Å². The molecule has 1 aliphatic carbocycles. The van der Waals surface area contributed by atoms with E-state index in [9.17, 15) is 0 Å². The Hall–Kier alpha value is -1.00. The van der Waals surface area contributed by atoms with E-state index in [2.05, 4.69) is 22.2 Å². The Kier molecular flexibility index (Phi) is 3.85. The van der Waals surface area contributed by atoms with Gasteiger partial charge in [-0.05, 0) is 25.3 Å². The molecule has 0 radical (unpaired) electrons. The topological polar surface area (TPSA) is 47.0 Å². The number of rotatable bonds is 6. The number of ether oxygens (including phenoxy) is 1. The van der Waals surface area contributed by atoms with Gasteiger partial charge in [0.25, 0.3) is 0 Å². The van der Waals surface area contributed by atoms with Crippen LogP contribution in [0.4, 0.5) is 0 Å². The first-order chi connectivity index (χ1) is 7.83. The second kappa shape index (κ2) is 5.37. The van der Waals surface area contributed by atoms with Gasteiger partial charge < -0.3 is 10.1 Å². The fourth-order valence-corrected chi connectivity index (χ4v) is 1.66. The number of nitrogens with one attached hydrogen (secondary N) is 1. The fourth-order valence-electron chi connectivity index (χ4n) is 1.66. The predicted octanol–water partition coefficient (Wildman–Crippen LogP) is 1.83. The maximum atomic E-state index is 5.33. The highest BCUT2D eigenvalue weighted by Gasteiger charge is 2.20. The number of nitrogens with zero attached hydrogens (tertiary/aromatic N) is 2. The molecule has 4 nitrogen and oxygen atoms in total. The van der Waals surface area contributed by atoms with Gasteiger partial charge in [-0.1, -0.05) is 6.92 Å². The van der Waals surface area contributed by atoms with Crippen molar-refractivity contribution >= 4 is 0 Å². The highest BCUT2D eigenvalue weighted by atomic mass is 16.5. The van der Waals surface area contributed by atoms with E-state index < -0.39 is 0 Å². The highest BCUT2D eigenvalue weighted by Crippen LogP contribution is 2.19. The summed E-state index contributed by atoms with van der Waals surface area (Å²) in [5.41, 5.74) is 1.05. The minimum atomic E-state index is 0.0147. The lowest BCUT2D eigenvalue weighted by molar-refractivity contribution is 0.0923. The molecule has 1 N–H and O–H groups in total. The molecule has 1 fully saturated rings. The molecule has 1 saturated carbocycles. The van der Waals surface area contributed by atoms with E-state index in [-0.39, 0.29) is 6.10 Å². The molecule has 0 aliphatic heterocycles. The smallest absolute Gasteiger partial charge is 0.157 e. The summed E-state index contributed by atoms with van der Waals surface area (Å²) in [5.74, 6) is 0.792. The maximum absolute atomic E-state index is 5.33. The third-order valence-electron chi connectivity index (χ3n) is 2.82. The first kappa shape index (κ1) is 11.5. The number of methoxy groups -OCH3 is 1. The Morgan fingerprint density at radius 2 is 2.38 bits per heavy atom. The Labute approximate surface area is 96.4 Å². The number of aromatic nitrogens is 2. The van der Waals surface area contributed by atoms with Gasteiger partial charge in [-0.2, -0.15) is 0 Å². The standard InChI is InChI=1S/C12H19N3O/c1-3-11(16-2)12-13-7-6-10(15-12)8-14-9-4-5-9/h6-7,9,11,14H,3-5,8H2,1-2H3. The van der Waals surface area contributed by atoms with Crippen LogP contribution < -0.4 is 5.32 Å². The van der Waals surface area contributed by atoms with Crippen LogP contribution in [0.2, 0.25) is 0 Å². The first-order valence-electron chi connectivity index (χ1n) is 5.91. The Bertz CT molecular complexity index is 335. The minimum absolute atomic E-state index is 0.0147. The van der Waals surface area contributed by atoms with Gasteiger partial charge in [-0.15, -0.1) is 0 Å². The molecule has 4 heteroatoms. The first-order valence-corrected chi connectivity index (χ1v) is 5.91. The van der Waals surface area contributed by atoms with Crippen molar-refractivity contribution in [2.24, 2.45) is 0 Å². The van der Waals surface area contributed by atoms with Crippen LogP contribution in [0.25, 0.3) is 0 Å². The average Bonchev–Trinajstić information content (AvgIpc) is 3.13. The average molecular weight is 221 g/mol. The van der Waals surface area contributed by atoms with E-state index in [1.165, 1.54) is 12.8 Å². The largest absolute Gasteiger partial charge is 0.373 e. The Morgan fingerprint density at radius 3 is 3.00 bits per heavy atom. The zero-order chi connectivity index (χ0) is 11.4. The second-order valence-electron chi connectivity index (χ2n) is 4.19. The van der Waals surface area contributed by atoms with Crippen molar-refractivity contribution in [2.75, 3.05) is 7.11 Å². The van der Waals surface area contributed by atoms with Crippen LogP contribution in [0.3, 0.4) is 0 Å². The third-order valence-corrected chi connectivity index (χ3v) is 2.82. The molecule has 1 aromatic rings. The van der Waals surface area contributed by atoms with Gasteiger partial charge in [-0.25, -0.2) is 9.97 Å². The molecule has 2 rings (SSSR count). The molecule has 0 bridgehead atoms. The molecule has 0 saturated heterocycles. The predicted molar refractivity (Wildman–Crippen MR) is 61.9 cm³/mol. The van der Waals surface area contributed by atoms with Crippen molar-refractivity contribution in [3.63, 3.8) is 0 Å². The van der Waals surface area contributed by atoms with Crippen molar-refractivity contribution in [1.29, 1.82) is 0 Å². The molecule has 1 unspecified atom stereocenters. The normalized spacial score (nSPS) is 17.4. The number of hydrogen-bond donors (Lipinski definition) is 1. The molecule has 0 aromatic carbocycles. The fraction of sp³-hybridized carbons (Fsp3) is 0.667. The van der Waals surface area contributed by atoms with Gasteiger partial charge in [0.15, 0.2) is 5.82 Å². The van der Waals surface area contributed by atoms with Gasteiger partial charge in [-0.3, -0.25) is 0 Å². The van der Waals surface area contributed by atoms with Crippen LogP contribution in [0.1, 0.15) is 43.8 Å². The lowest BCUT2D eigenvalue weighted by Gasteiger charge is -2.12. The maximum Gasteiger partial charge on any atom is 0.157 e. The summed E-state index contributed by atoms with van der Waals surface area (Å²) in [6.07, 6.45) is 5.33. The van der Waals surface area contributed by atoms with Crippen LogP contribution >= 0.6 is 0 Å². The molecule has 16 heavy (non-hydrogen) atoms. The van der Waals surface area contributed by atoms with Gasteiger partial charge in [0, 0.05) is 25.9 Å².